The molecule has 11 nitrogen and oxygen atoms in total. The van der Waals surface area contributed by atoms with Gasteiger partial charge in [0.15, 0.2) is 0 Å². The van der Waals surface area contributed by atoms with Crippen molar-refractivity contribution in [3.8, 4) is 0 Å². The molecular weight excluding hydrogens is 694 g/mol. The van der Waals surface area contributed by atoms with Crippen molar-refractivity contribution in [3.05, 3.63) is 84.1 Å². The molecule has 0 unspecified atom stereocenters. The second-order valence-electron chi connectivity index (χ2n) is 6.53. The minimum Gasteiger partial charge on any atom is -0.693 e. The van der Waals surface area contributed by atoms with Crippen LogP contribution in [0.4, 0.5) is 17.6 Å². The number of hydrogen-bond donors (Lipinski definition) is 6. The Hall–Kier alpha value is -2.94. The molecule has 2 aromatic carbocycles. The number of nitrogens with two attached hydrogens (primary N) is 4. The van der Waals surface area contributed by atoms with Gasteiger partial charge in [-0.05, 0) is 42.0 Å². The fourth-order valence-electron chi connectivity index (χ4n) is 1.92. The largest absolute Gasteiger partial charge is 2.00 e. The van der Waals surface area contributed by atoms with Crippen LogP contribution in [0.25, 0.3) is 6.15 Å². The van der Waals surface area contributed by atoms with Crippen molar-refractivity contribution in [2.24, 2.45) is 17.6 Å². The molecule has 39 heavy (non-hydrogen) atoms. The first-order valence-electron chi connectivity index (χ1n) is 10.7. The van der Waals surface area contributed by atoms with Crippen LogP contribution >= 0.6 is 0 Å². The molecule has 0 fully saturated rings. The summed E-state index contributed by atoms with van der Waals surface area (Å²) in [5.41, 5.74) is 5.24. The molecule has 2 aromatic rings. The molecule has 0 atom stereocenters. The van der Waals surface area contributed by atoms with Gasteiger partial charge in [0.2, 0.25) is 5.91 Å². The number of halogens is 4. The van der Waals surface area contributed by atoms with Crippen LogP contribution in [0.15, 0.2) is 48.5 Å². The average Bonchev–Trinajstić information content (AvgIpc) is 2.93. The smallest absolute Gasteiger partial charge is 0.693 e. The van der Waals surface area contributed by atoms with Gasteiger partial charge in [-0.25, -0.2) is 30.8 Å². The molecule has 0 aliphatic rings. The summed E-state index contributed by atoms with van der Waals surface area (Å²) in [5, 5.41) is 2.21. The Morgan fingerprint density at radius 2 is 1.31 bits per heavy atom. The minimum absolute atomic E-state index is 0. The van der Waals surface area contributed by atoms with E-state index in [1.807, 2.05) is 10.9 Å². The maximum Gasteiger partial charge on any atom is 2.00 e. The molecule has 2 rings (SSSR count). The number of nitrogen functional groups attached to an aromatic ring is 2. The van der Waals surface area contributed by atoms with Crippen molar-refractivity contribution < 1.29 is 57.8 Å². The zero-order valence-corrected chi connectivity index (χ0v) is 24.1. The quantitative estimate of drug-likeness (QED) is 0.0747. The zero-order chi connectivity index (χ0) is 28.5. The molecule has 0 spiro atoms. The molecule has 0 aromatic heterocycles. The van der Waals surface area contributed by atoms with Crippen LogP contribution in [0, 0.1) is 12.7 Å². The van der Waals surface area contributed by atoms with Gasteiger partial charge in [0.25, 0.3) is 11.8 Å². The summed E-state index contributed by atoms with van der Waals surface area (Å²) in [5.74, 6) is 12.7. The van der Waals surface area contributed by atoms with Gasteiger partial charge in [-0.15, -0.1) is 0 Å². The summed E-state index contributed by atoms with van der Waals surface area (Å²) in [6.07, 6.45) is 1.33. The molecular formula is C23H35F4N7O4W. The Bertz CT molecular complexity index is 882. The van der Waals surface area contributed by atoms with E-state index in [9.17, 15) is 31.9 Å². The molecule has 3 amide bonds. The number of alkyl halides is 3. The molecule has 0 heterocycles. The molecule has 0 saturated heterocycles. The molecule has 0 saturated carbocycles. The van der Waals surface area contributed by atoms with Gasteiger partial charge in [-0.3, -0.25) is 34.5 Å². The van der Waals surface area contributed by atoms with E-state index in [1.165, 1.54) is 36.4 Å². The molecule has 220 valence electrons. The molecule has 11 N–H and O–H groups in total. The maximum atomic E-state index is 12.3. The third kappa shape index (κ3) is 23.9. The van der Waals surface area contributed by atoms with Crippen molar-refractivity contribution in [1.29, 1.82) is 0 Å². The SMILES string of the molecule is NNC(=O)c1ccc(C[18F])cc1.NNC(=O)c1ccc([18F])cc1.NOCC(=O)NCC[18F].[CH2-]CCC[18F].[NH2-].[W+2]. The zero-order valence-electron chi connectivity index (χ0n) is 21.1. The minimum atomic E-state index is -0.573. The van der Waals surface area contributed by atoms with Crippen molar-refractivity contribution in [2.75, 3.05) is 26.5 Å². The van der Waals surface area contributed by atoms with Gasteiger partial charge in [-0.1, -0.05) is 18.6 Å². The third-order valence-electron chi connectivity index (χ3n) is 3.75. The number of hydrazine groups is 2. The van der Waals surface area contributed by atoms with Crippen molar-refractivity contribution in [3.63, 3.8) is 0 Å². The van der Waals surface area contributed by atoms with E-state index < -0.39 is 25.2 Å². The van der Waals surface area contributed by atoms with E-state index >= 15 is 0 Å². The topological polar surface area (TPSA) is 208 Å². The van der Waals surface area contributed by atoms with Gasteiger partial charge in [0.1, 0.15) is 25.8 Å². The van der Waals surface area contributed by atoms with Gasteiger partial charge in [0.05, 0.1) is 6.67 Å². The first-order chi connectivity index (χ1) is 17.7. The normalized spacial score (nSPS) is 8.72. The number of benzene rings is 2. The number of carbonyl (C=O) groups excluding carboxylic acids is 3. The molecule has 0 bridgehead atoms. The summed E-state index contributed by atoms with van der Waals surface area (Å²) in [7, 11) is 0. The van der Waals surface area contributed by atoms with Gasteiger partial charge >= 0.3 is 21.1 Å². The Balaban J connectivity index is -0.000000214. The van der Waals surface area contributed by atoms with E-state index in [-0.39, 0.29) is 58.8 Å². The van der Waals surface area contributed by atoms with Gasteiger partial charge in [0, 0.05) is 17.7 Å². The van der Waals surface area contributed by atoms with Crippen molar-refractivity contribution in [2.45, 2.75) is 19.5 Å². The van der Waals surface area contributed by atoms with E-state index in [4.69, 9.17) is 11.7 Å². The second-order valence-corrected chi connectivity index (χ2v) is 6.53. The summed E-state index contributed by atoms with van der Waals surface area (Å²) >= 11 is 0. The fourth-order valence-corrected chi connectivity index (χ4v) is 1.92. The Morgan fingerprint density at radius 3 is 1.62 bits per heavy atom. The number of hydrogen-bond acceptors (Lipinski definition) is 7. The summed E-state index contributed by atoms with van der Waals surface area (Å²) in [4.78, 5) is 35.9. The molecule has 0 radical (unpaired) electrons. The average molecular weight is 729 g/mol. The van der Waals surface area contributed by atoms with Crippen LogP contribution in [0.2, 0.25) is 0 Å². The summed E-state index contributed by atoms with van der Waals surface area (Å²) < 4.78 is 46.6. The predicted molar refractivity (Wildman–Crippen MR) is 136 cm³/mol. The Kier molecular flexibility index (Phi) is 32.7. The van der Waals surface area contributed by atoms with Gasteiger partial charge in [-0.2, -0.15) is 6.42 Å². The molecule has 0 aliphatic carbocycles. The van der Waals surface area contributed by atoms with E-state index in [2.05, 4.69) is 23.0 Å². The molecule has 16 heteroatoms. The van der Waals surface area contributed by atoms with E-state index in [1.54, 1.807) is 12.1 Å². The van der Waals surface area contributed by atoms with E-state index in [0.29, 0.717) is 23.1 Å². The van der Waals surface area contributed by atoms with Crippen molar-refractivity contribution in [1.82, 2.24) is 16.2 Å². The number of rotatable bonds is 9. The first kappa shape index (κ1) is 43.1. The van der Waals surface area contributed by atoms with Crippen LogP contribution < -0.4 is 33.8 Å². The number of carbonyl (C=O) groups is 3. The summed E-state index contributed by atoms with van der Waals surface area (Å²) in [6, 6.07) is 11.3. The summed E-state index contributed by atoms with van der Waals surface area (Å²) in [6.45, 7) is 1.91. The predicted octanol–water partition coefficient (Wildman–Crippen LogP) is 2.44. The Labute approximate surface area is 239 Å². The number of nitrogens with one attached hydrogen (secondary N) is 3. The van der Waals surface area contributed by atoms with Crippen LogP contribution in [0.3, 0.4) is 0 Å². The Morgan fingerprint density at radius 1 is 0.846 bits per heavy atom. The number of amides is 3. The van der Waals surface area contributed by atoms with Crippen LogP contribution in [0.5, 0.6) is 0 Å². The van der Waals surface area contributed by atoms with Crippen LogP contribution in [-0.2, 0) is 37.4 Å². The van der Waals surface area contributed by atoms with E-state index in [0.717, 1.165) is 6.42 Å². The number of unbranched alkanes of at least 4 members (excludes halogenated alkanes) is 1. The van der Waals surface area contributed by atoms with Crippen LogP contribution in [-0.4, -0.2) is 44.2 Å². The second kappa shape index (κ2) is 29.6. The first-order valence-corrected chi connectivity index (χ1v) is 10.7. The van der Waals surface area contributed by atoms with Crippen LogP contribution in [0.1, 0.15) is 39.1 Å². The monoisotopic (exact) mass is 729 g/mol. The standard InChI is InChI=1S/C8H9FN2O.C7H7FN2O.C4H9FN2O2.C4H8F.H2N.W/c9-5-6-1-3-7(4-2-6)8(12)11-10;8-6-3-1-5(2-4-6)7(11)10-9;5-1-2-7-4(8)3-9-6;1-2-3-4-5;;/h1-4H,5,10H2,(H,11,12);1-4H,9H2,(H,10,11);1-3,6H2,(H,7,8);1-4H2;1H2;/q;;;2*-1;+2/i9-1;8-1;2*5-1;;. The maximum absolute atomic E-state index is 12.3. The van der Waals surface area contributed by atoms with Gasteiger partial charge < -0.3 is 18.4 Å². The molecule has 0 aliphatic heterocycles. The third-order valence-corrected chi connectivity index (χ3v) is 3.75. The fraction of sp³-hybridized carbons (Fsp3) is 0.304. The van der Waals surface area contributed by atoms with Crippen molar-refractivity contribution >= 4 is 17.7 Å².